The molecule has 0 saturated heterocycles. The molecule has 1 aliphatic rings. The Bertz CT molecular complexity index is 624. The van der Waals surface area contributed by atoms with Gasteiger partial charge < -0.3 is 15.5 Å². The summed E-state index contributed by atoms with van der Waals surface area (Å²) in [6.45, 7) is 3.34. The van der Waals surface area contributed by atoms with E-state index in [0.717, 1.165) is 31.2 Å². The topological polar surface area (TPSA) is 78.5 Å². The number of aryl methyl sites for hydroxylation is 1. The maximum absolute atomic E-state index is 12.1. The number of rotatable bonds is 6. The summed E-state index contributed by atoms with van der Waals surface area (Å²) in [5, 5.41) is 5.34. The molecule has 0 radical (unpaired) electrons. The maximum Gasteiger partial charge on any atom is 0.243 e. The molecule has 6 heteroatoms. The Kier molecular flexibility index (Phi) is 6.98. The van der Waals surface area contributed by atoms with Gasteiger partial charge in [0.25, 0.3) is 0 Å². The maximum atomic E-state index is 12.1. The minimum absolute atomic E-state index is 0.0116. The molecule has 0 atom stereocenters. The number of benzene rings is 1. The Morgan fingerprint density at radius 2 is 1.84 bits per heavy atom. The van der Waals surface area contributed by atoms with Crippen LogP contribution in [0.4, 0.5) is 5.69 Å². The fourth-order valence-corrected chi connectivity index (χ4v) is 3.21. The standard InChI is InChI=1S/C19H27N3O3/c1-14-7-6-8-16(11-14)21-18(24)12-20-19(25)13-22(15(2)23)17-9-4-3-5-10-17/h6-8,11,17H,3-5,9-10,12-13H2,1-2H3,(H,20,25)(H,21,24). The summed E-state index contributed by atoms with van der Waals surface area (Å²) in [4.78, 5) is 37.6. The molecule has 0 aromatic heterocycles. The summed E-state index contributed by atoms with van der Waals surface area (Å²) in [5.74, 6) is -0.683. The van der Waals surface area contributed by atoms with Gasteiger partial charge in [0.1, 0.15) is 0 Å². The quantitative estimate of drug-likeness (QED) is 0.830. The smallest absolute Gasteiger partial charge is 0.243 e. The van der Waals surface area contributed by atoms with Gasteiger partial charge in [-0.05, 0) is 37.5 Å². The first-order valence-electron chi connectivity index (χ1n) is 8.86. The van der Waals surface area contributed by atoms with E-state index in [9.17, 15) is 14.4 Å². The van der Waals surface area contributed by atoms with Crippen LogP contribution in [0.5, 0.6) is 0 Å². The van der Waals surface area contributed by atoms with E-state index >= 15 is 0 Å². The zero-order valence-corrected chi connectivity index (χ0v) is 15.0. The Labute approximate surface area is 149 Å². The molecule has 0 aliphatic heterocycles. The molecule has 0 heterocycles. The zero-order chi connectivity index (χ0) is 18.2. The van der Waals surface area contributed by atoms with Crippen molar-refractivity contribution in [1.82, 2.24) is 10.2 Å². The van der Waals surface area contributed by atoms with E-state index in [4.69, 9.17) is 0 Å². The molecule has 3 amide bonds. The predicted octanol–water partition coefficient (Wildman–Crippen LogP) is 2.23. The van der Waals surface area contributed by atoms with Gasteiger partial charge in [-0.3, -0.25) is 14.4 Å². The first-order chi connectivity index (χ1) is 12.0. The summed E-state index contributed by atoms with van der Waals surface area (Å²) < 4.78 is 0. The van der Waals surface area contributed by atoms with Gasteiger partial charge in [0.15, 0.2) is 0 Å². The van der Waals surface area contributed by atoms with Crippen LogP contribution in [-0.4, -0.2) is 41.8 Å². The van der Waals surface area contributed by atoms with Gasteiger partial charge in [-0.2, -0.15) is 0 Å². The number of anilines is 1. The minimum atomic E-state index is -0.305. The van der Waals surface area contributed by atoms with Crippen LogP contribution in [0.15, 0.2) is 24.3 Å². The molecule has 0 spiro atoms. The van der Waals surface area contributed by atoms with Gasteiger partial charge in [-0.1, -0.05) is 31.4 Å². The molecule has 1 aliphatic carbocycles. The lowest BCUT2D eigenvalue weighted by molar-refractivity contribution is -0.137. The third-order valence-electron chi connectivity index (χ3n) is 4.48. The van der Waals surface area contributed by atoms with Gasteiger partial charge in [-0.15, -0.1) is 0 Å². The van der Waals surface area contributed by atoms with Gasteiger partial charge in [0.2, 0.25) is 17.7 Å². The second-order valence-electron chi connectivity index (χ2n) is 6.63. The molecule has 2 rings (SSSR count). The molecule has 2 N–H and O–H groups in total. The van der Waals surface area contributed by atoms with Crippen LogP contribution in [0.25, 0.3) is 0 Å². The molecule has 1 saturated carbocycles. The van der Waals surface area contributed by atoms with Crippen LogP contribution in [-0.2, 0) is 14.4 Å². The number of amides is 3. The summed E-state index contributed by atoms with van der Waals surface area (Å²) >= 11 is 0. The SMILES string of the molecule is CC(=O)N(CC(=O)NCC(=O)Nc1cccc(C)c1)C1CCCCC1. The first-order valence-corrected chi connectivity index (χ1v) is 8.86. The second kappa shape index (κ2) is 9.20. The van der Waals surface area contributed by atoms with E-state index in [1.807, 2.05) is 25.1 Å². The average molecular weight is 345 g/mol. The molecule has 136 valence electrons. The van der Waals surface area contributed by atoms with Crippen LogP contribution in [0.1, 0.15) is 44.6 Å². The Hall–Kier alpha value is -2.37. The molecule has 25 heavy (non-hydrogen) atoms. The van der Waals surface area contributed by atoms with Crippen LogP contribution in [0.3, 0.4) is 0 Å². The minimum Gasteiger partial charge on any atom is -0.345 e. The third-order valence-corrected chi connectivity index (χ3v) is 4.48. The Balaban J connectivity index is 1.80. The van der Waals surface area contributed by atoms with Crippen molar-refractivity contribution in [2.24, 2.45) is 0 Å². The van der Waals surface area contributed by atoms with E-state index in [2.05, 4.69) is 10.6 Å². The number of hydrogen-bond acceptors (Lipinski definition) is 3. The summed E-state index contributed by atoms with van der Waals surface area (Å²) in [6.07, 6.45) is 5.26. The van der Waals surface area contributed by atoms with Crippen molar-refractivity contribution in [1.29, 1.82) is 0 Å². The predicted molar refractivity (Wildman–Crippen MR) is 97.1 cm³/mol. The number of nitrogens with zero attached hydrogens (tertiary/aromatic N) is 1. The highest BCUT2D eigenvalue weighted by Gasteiger charge is 2.25. The molecule has 1 aromatic carbocycles. The normalized spacial score (nSPS) is 14.6. The van der Waals surface area contributed by atoms with Crippen molar-refractivity contribution in [2.75, 3.05) is 18.4 Å². The molecule has 1 fully saturated rings. The van der Waals surface area contributed by atoms with E-state index in [-0.39, 0.29) is 36.9 Å². The molecule has 6 nitrogen and oxygen atoms in total. The fraction of sp³-hybridized carbons (Fsp3) is 0.526. The van der Waals surface area contributed by atoms with Crippen LogP contribution >= 0.6 is 0 Å². The van der Waals surface area contributed by atoms with E-state index < -0.39 is 0 Å². The van der Waals surface area contributed by atoms with Crippen molar-refractivity contribution < 1.29 is 14.4 Å². The van der Waals surface area contributed by atoms with E-state index in [0.29, 0.717) is 5.69 Å². The highest BCUT2D eigenvalue weighted by atomic mass is 16.2. The van der Waals surface area contributed by atoms with Crippen molar-refractivity contribution in [3.8, 4) is 0 Å². The Morgan fingerprint density at radius 1 is 1.12 bits per heavy atom. The number of nitrogens with one attached hydrogen (secondary N) is 2. The highest BCUT2D eigenvalue weighted by molar-refractivity contribution is 5.95. The lowest BCUT2D eigenvalue weighted by Gasteiger charge is -2.33. The van der Waals surface area contributed by atoms with Gasteiger partial charge in [0, 0.05) is 18.7 Å². The average Bonchev–Trinajstić information content (AvgIpc) is 2.58. The number of hydrogen-bond donors (Lipinski definition) is 2. The van der Waals surface area contributed by atoms with Crippen LogP contribution in [0, 0.1) is 6.92 Å². The van der Waals surface area contributed by atoms with Crippen LogP contribution < -0.4 is 10.6 Å². The van der Waals surface area contributed by atoms with E-state index in [1.54, 1.807) is 11.0 Å². The molecule has 1 aromatic rings. The first kappa shape index (κ1) is 19.0. The molecular weight excluding hydrogens is 318 g/mol. The highest BCUT2D eigenvalue weighted by Crippen LogP contribution is 2.22. The lowest BCUT2D eigenvalue weighted by Crippen LogP contribution is -2.47. The number of carbonyl (C=O) groups is 3. The zero-order valence-electron chi connectivity index (χ0n) is 15.0. The second-order valence-corrected chi connectivity index (χ2v) is 6.63. The van der Waals surface area contributed by atoms with Crippen molar-refractivity contribution >= 4 is 23.4 Å². The van der Waals surface area contributed by atoms with Crippen molar-refractivity contribution in [2.45, 2.75) is 52.0 Å². The summed E-state index contributed by atoms with van der Waals surface area (Å²) in [5.41, 5.74) is 1.75. The fourth-order valence-electron chi connectivity index (χ4n) is 3.21. The summed E-state index contributed by atoms with van der Waals surface area (Å²) in [7, 11) is 0. The molecule has 0 unspecified atom stereocenters. The van der Waals surface area contributed by atoms with Crippen molar-refractivity contribution in [3.63, 3.8) is 0 Å². The molecule has 0 bridgehead atoms. The van der Waals surface area contributed by atoms with Gasteiger partial charge in [0.05, 0.1) is 13.1 Å². The summed E-state index contributed by atoms with van der Waals surface area (Å²) in [6, 6.07) is 7.60. The Morgan fingerprint density at radius 3 is 2.48 bits per heavy atom. The third kappa shape index (κ3) is 6.21. The van der Waals surface area contributed by atoms with Crippen molar-refractivity contribution in [3.05, 3.63) is 29.8 Å². The van der Waals surface area contributed by atoms with Crippen LogP contribution in [0.2, 0.25) is 0 Å². The molecular formula is C19H27N3O3. The largest absolute Gasteiger partial charge is 0.345 e. The monoisotopic (exact) mass is 345 g/mol. The lowest BCUT2D eigenvalue weighted by atomic mass is 9.94. The van der Waals surface area contributed by atoms with Gasteiger partial charge in [-0.25, -0.2) is 0 Å². The van der Waals surface area contributed by atoms with Gasteiger partial charge >= 0.3 is 0 Å². The number of carbonyl (C=O) groups excluding carboxylic acids is 3. The van der Waals surface area contributed by atoms with E-state index in [1.165, 1.54) is 13.3 Å².